The molecule has 0 bridgehead atoms. The van der Waals surface area contributed by atoms with Crippen LogP contribution in [0.5, 0.6) is 0 Å². The SMILES string of the molecule is N#CCc1cc(I)c2c(Cl)csc2c1. The lowest BCUT2D eigenvalue weighted by molar-refractivity contribution is 1.27. The van der Waals surface area contributed by atoms with Gasteiger partial charge in [-0.15, -0.1) is 11.3 Å². The van der Waals surface area contributed by atoms with E-state index < -0.39 is 0 Å². The second kappa shape index (κ2) is 4.05. The van der Waals surface area contributed by atoms with Crippen LogP contribution in [-0.4, -0.2) is 0 Å². The molecule has 0 N–H and O–H groups in total. The van der Waals surface area contributed by atoms with Crippen molar-refractivity contribution >= 4 is 55.6 Å². The van der Waals surface area contributed by atoms with Crippen LogP contribution in [0.2, 0.25) is 5.02 Å². The highest BCUT2D eigenvalue weighted by atomic mass is 127. The average Bonchev–Trinajstić information content (AvgIpc) is 2.48. The Hall–Kier alpha value is -0.310. The van der Waals surface area contributed by atoms with Crippen molar-refractivity contribution in [2.24, 2.45) is 0 Å². The molecule has 2 rings (SSSR count). The zero-order chi connectivity index (χ0) is 10.1. The van der Waals surface area contributed by atoms with Gasteiger partial charge in [-0.3, -0.25) is 0 Å². The Morgan fingerprint density at radius 2 is 2.29 bits per heavy atom. The van der Waals surface area contributed by atoms with Crippen molar-refractivity contribution in [2.45, 2.75) is 6.42 Å². The number of rotatable bonds is 1. The van der Waals surface area contributed by atoms with Gasteiger partial charge in [0.25, 0.3) is 0 Å². The molecular formula is C10H5ClINS. The van der Waals surface area contributed by atoms with Gasteiger partial charge in [-0.25, -0.2) is 0 Å². The molecule has 0 aliphatic rings. The molecule has 4 heteroatoms. The first-order valence-corrected chi connectivity index (χ1v) is 6.28. The number of hydrogen-bond donors (Lipinski definition) is 0. The van der Waals surface area contributed by atoms with E-state index in [9.17, 15) is 0 Å². The van der Waals surface area contributed by atoms with Gasteiger partial charge in [0.15, 0.2) is 0 Å². The zero-order valence-corrected chi connectivity index (χ0v) is 10.8. The van der Waals surface area contributed by atoms with E-state index in [1.54, 1.807) is 11.3 Å². The maximum atomic E-state index is 8.61. The van der Waals surface area contributed by atoms with E-state index in [1.807, 2.05) is 17.5 Å². The van der Waals surface area contributed by atoms with E-state index in [2.05, 4.69) is 28.7 Å². The van der Waals surface area contributed by atoms with Gasteiger partial charge in [0, 0.05) is 19.0 Å². The number of hydrogen-bond acceptors (Lipinski definition) is 2. The van der Waals surface area contributed by atoms with Crippen molar-refractivity contribution in [2.75, 3.05) is 0 Å². The van der Waals surface area contributed by atoms with E-state index in [-0.39, 0.29) is 0 Å². The maximum absolute atomic E-state index is 8.61. The molecule has 0 atom stereocenters. The Morgan fingerprint density at radius 1 is 1.50 bits per heavy atom. The third kappa shape index (κ3) is 1.74. The minimum Gasteiger partial charge on any atom is -0.198 e. The Kier molecular flexibility index (Phi) is 2.96. The summed E-state index contributed by atoms with van der Waals surface area (Å²) >= 11 is 9.93. The summed E-state index contributed by atoms with van der Waals surface area (Å²) in [5.74, 6) is 0. The monoisotopic (exact) mass is 333 g/mol. The van der Waals surface area contributed by atoms with Crippen molar-refractivity contribution in [1.29, 1.82) is 5.26 Å². The van der Waals surface area contributed by atoms with Gasteiger partial charge in [-0.1, -0.05) is 11.6 Å². The molecule has 1 aromatic carbocycles. The van der Waals surface area contributed by atoms with Gasteiger partial charge in [0.05, 0.1) is 17.5 Å². The van der Waals surface area contributed by atoms with Crippen LogP contribution in [0.3, 0.4) is 0 Å². The van der Waals surface area contributed by atoms with Crippen LogP contribution in [0.1, 0.15) is 5.56 Å². The van der Waals surface area contributed by atoms with Gasteiger partial charge in [-0.2, -0.15) is 5.26 Å². The topological polar surface area (TPSA) is 23.8 Å². The normalized spacial score (nSPS) is 10.4. The van der Waals surface area contributed by atoms with Crippen LogP contribution < -0.4 is 0 Å². The molecule has 0 aliphatic carbocycles. The molecule has 1 heterocycles. The molecule has 14 heavy (non-hydrogen) atoms. The number of thiophene rings is 1. The molecule has 2 aromatic rings. The minimum atomic E-state index is 0.460. The molecule has 1 aromatic heterocycles. The molecule has 0 saturated carbocycles. The van der Waals surface area contributed by atoms with E-state index in [4.69, 9.17) is 16.9 Å². The van der Waals surface area contributed by atoms with Crippen molar-refractivity contribution in [3.8, 4) is 6.07 Å². The summed E-state index contributed by atoms with van der Waals surface area (Å²) in [6, 6.07) is 6.21. The summed E-state index contributed by atoms with van der Waals surface area (Å²) in [5.41, 5.74) is 1.06. The van der Waals surface area contributed by atoms with Gasteiger partial charge in [0.1, 0.15) is 0 Å². The zero-order valence-electron chi connectivity index (χ0n) is 7.05. The lowest BCUT2D eigenvalue weighted by Crippen LogP contribution is -1.83. The van der Waals surface area contributed by atoms with Crippen molar-refractivity contribution in [1.82, 2.24) is 0 Å². The van der Waals surface area contributed by atoms with Crippen LogP contribution in [0.4, 0.5) is 0 Å². The molecule has 0 unspecified atom stereocenters. The summed E-state index contributed by atoms with van der Waals surface area (Å²) in [6.07, 6.45) is 0.460. The first-order chi connectivity index (χ1) is 6.72. The van der Waals surface area contributed by atoms with E-state index in [0.29, 0.717) is 6.42 Å². The third-order valence-electron chi connectivity index (χ3n) is 1.93. The third-order valence-corrected chi connectivity index (χ3v) is 4.13. The Morgan fingerprint density at radius 3 is 3.00 bits per heavy atom. The van der Waals surface area contributed by atoms with Crippen LogP contribution in [-0.2, 0) is 6.42 Å². The summed E-state index contributed by atoms with van der Waals surface area (Å²) in [6.45, 7) is 0. The standard InChI is InChI=1S/C10H5ClINS/c11-7-5-14-9-4-6(1-2-13)3-8(12)10(7)9/h3-5H,1H2. The number of nitrogens with zero attached hydrogens (tertiary/aromatic N) is 1. The maximum Gasteiger partial charge on any atom is 0.0669 e. The number of fused-ring (bicyclic) bond motifs is 1. The lowest BCUT2D eigenvalue weighted by atomic mass is 10.1. The molecule has 0 spiro atoms. The first-order valence-electron chi connectivity index (χ1n) is 3.94. The number of benzene rings is 1. The molecular weight excluding hydrogens is 329 g/mol. The van der Waals surface area contributed by atoms with Gasteiger partial charge in [0.2, 0.25) is 0 Å². The molecule has 70 valence electrons. The second-order valence-corrected chi connectivity index (χ2v) is 5.35. The van der Waals surface area contributed by atoms with Crippen molar-refractivity contribution in [3.63, 3.8) is 0 Å². The molecule has 0 aliphatic heterocycles. The Bertz CT molecular complexity index is 527. The van der Waals surface area contributed by atoms with Crippen LogP contribution >= 0.6 is 45.5 Å². The fraction of sp³-hybridized carbons (Fsp3) is 0.100. The van der Waals surface area contributed by atoms with Crippen LogP contribution in [0.25, 0.3) is 10.1 Å². The fourth-order valence-corrected chi connectivity index (χ4v) is 3.95. The molecule has 0 saturated heterocycles. The highest BCUT2D eigenvalue weighted by molar-refractivity contribution is 14.1. The number of nitriles is 1. The largest absolute Gasteiger partial charge is 0.198 e. The molecule has 1 nitrogen and oxygen atoms in total. The van der Waals surface area contributed by atoms with E-state index in [1.165, 1.54) is 0 Å². The summed E-state index contributed by atoms with van der Waals surface area (Å²) in [5, 5.41) is 12.5. The molecule has 0 fully saturated rings. The predicted octanol–water partition coefficient (Wildman–Crippen LogP) is 4.23. The van der Waals surface area contributed by atoms with E-state index >= 15 is 0 Å². The molecule has 0 amide bonds. The summed E-state index contributed by atoms with van der Waals surface area (Å²) in [4.78, 5) is 0. The van der Waals surface area contributed by atoms with Gasteiger partial charge < -0.3 is 0 Å². The average molecular weight is 334 g/mol. The summed E-state index contributed by atoms with van der Waals surface area (Å²) < 4.78 is 2.28. The second-order valence-electron chi connectivity index (χ2n) is 2.87. The quantitative estimate of drug-likeness (QED) is 0.717. The van der Waals surface area contributed by atoms with Crippen LogP contribution in [0.15, 0.2) is 17.5 Å². The van der Waals surface area contributed by atoms with Crippen molar-refractivity contribution in [3.05, 3.63) is 31.7 Å². The van der Waals surface area contributed by atoms with E-state index in [0.717, 1.165) is 24.2 Å². The van der Waals surface area contributed by atoms with Crippen LogP contribution in [0, 0.1) is 14.9 Å². The van der Waals surface area contributed by atoms with Gasteiger partial charge in [-0.05, 0) is 40.3 Å². The minimum absolute atomic E-state index is 0.460. The van der Waals surface area contributed by atoms with Gasteiger partial charge >= 0.3 is 0 Å². The lowest BCUT2D eigenvalue weighted by Gasteiger charge is -1.99. The summed E-state index contributed by atoms with van der Waals surface area (Å²) in [7, 11) is 0. The molecule has 0 radical (unpaired) electrons. The highest BCUT2D eigenvalue weighted by Gasteiger charge is 2.07. The first kappa shape index (κ1) is 10.2. The Labute approximate surface area is 104 Å². The fourth-order valence-electron chi connectivity index (χ4n) is 1.33. The smallest absolute Gasteiger partial charge is 0.0669 e. The van der Waals surface area contributed by atoms with Crippen molar-refractivity contribution < 1.29 is 0 Å². The number of halogens is 2. The predicted molar refractivity (Wildman–Crippen MR) is 68.9 cm³/mol. The Balaban J connectivity index is 2.69. The highest BCUT2D eigenvalue weighted by Crippen LogP contribution is 2.34.